The van der Waals surface area contributed by atoms with E-state index in [0.717, 1.165) is 12.1 Å². The highest BCUT2D eigenvalue weighted by atomic mass is 35.5. The lowest BCUT2D eigenvalue weighted by atomic mass is 10.1. The molecule has 0 radical (unpaired) electrons. The molecule has 0 aliphatic heterocycles. The van der Waals surface area contributed by atoms with Crippen molar-refractivity contribution in [2.45, 2.75) is 37.1 Å². The Balaban J connectivity index is 3.19. The van der Waals surface area contributed by atoms with E-state index in [1.165, 1.54) is 7.11 Å². The van der Waals surface area contributed by atoms with Gasteiger partial charge in [0.2, 0.25) is 10.0 Å². The number of benzene rings is 1. The second-order valence-corrected chi connectivity index (χ2v) is 6.96. The largest absolute Gasteiger partial charge is 0.495 e. The summed E-state index contributed by atoms with van der Waals surface area (Å²) in [5.41, 5.74) is -0.481. The maximum Gasteiger partial charge on any atom is 0.303 e. The third kappa shape index (κ3) is 5.05. The zero-order chi connectivity index (χ0) is 18.5. The van der Waals surface area contributed by atoms with Gasteiger partial charge in [0, 0.05) is 12.5 Å². The van der Waals surface area contributed by atoms with Crippen molar-refractivity contribution in [3.8, 4) is 5.75 Å². The first kappa shape index (κ1) is 20.1. The third-order valence-corrected chi connectivity index (χ3v) is 5.09. The summed E-state index contributed by atoms with van der Waals surface area (Å²) in [5.74, 6) is -1.27. The van der Waals surface area contributed by atoms with E-state index in [0.29, 0.717) is 6.42 Å². The normalized spacial score (nSPS) is 12.6. The highest BCUT2D eigenvalue weighted by Gasteiger charge is 2.27. The molecule has 0 bridgehead atoms. The first-order valence-electron chi connectivity index (χ1n) is 6.88. The topological polar surface area (TPSA) is 136 Å². The molecule has 0 amide bonds. The van der Waals surface area contributed by atoms with Crippen LogP contribution in [-0.4, -0.2) is 37.6 Å². The van der Waals surface area contributed by atoms with E-state index in [4.69, 9.17) is 21.4 Å². The van der Waals surface area contributed by atoms with Gasteiger partial charge in [0.1, 0.15) is 15.7 Å². The first-order valence-corrected chi connectivity index (χ1v) is 8.74. The lowest BCUT2D eigenvalue weighted by Crippen LogP contribution is -2.35. The number of hydrogen-bond acceptors (Lipinski definition) is 6. The maximum atomic E-state index is 12.5. The number of nitro groups is 1. The zero-order valence-corrected chi connectivity index (χ0v) is 14.6. The van der Waals surface area contributed by atoms with Crippen molar-refractivity contribution < 1.29 is 28.0 Å². The molecule has 1 aromatic carbocycles. The quantitative estimate of drug-likeness (QED) is 0.494. The van der Waals surface area contributed by atoms with Gasteiger partial charge >= 0.3 is 5.97 Å². The number of halogens is 1. The van der Waals surface area contributed by atoms with E-state index >= 15 is 0 Å². The Morgan fingerprint density at radius 3 is 2.58 bits per heavy atom. The van der Waals surface area contributed by atoms with Gasteiger partial charge in [0.25, 0.3) is 5.69 Å². The zero-order valence-electron chi connectivity index (χ0n) is 13.0. The minimum absolute atomic E-state index is 0.105. The fourth-order valence-corrected chi connectivity index (χ4v) is 3.79. The average Bonchev–Trinajstić information content (AvgIpc) is 2.50. The molecule has 1 rings (SSSR count). The fourth-order valence-electron chi connectivity index (χ4n) is 1.96. The molecule has 0 aliphatic rings. The molecule has 1 atom stereocenters. The van der Waals surface area contributed by atoms with Gasteiger partial charge < -0.3 is 9.84 Å². The van der Waals surface area contributed by atoms with E-state index in [1.54, 1.807) is 6.92 Å². The van der Waals surface area contributed by atoms with Gasteiger partial charge in [-0.2, -0.15) is 0 Å². The van der Waals surface area contributed by atoms with E-state index in [-0.39, 0.29) is 28.5 Å². The number of nitrogens with zero attached hydrogens (tertiary/aromatic N) is 1. The summed E-state index contributed by atoms with van der Waals surface area (Å²) in [6.07, 6.45) is 0.281. The number of carboxylic acid groups (broad SMARTS) is 1. The highest BCUT2D eigenvalue weighted by molar-refractivity contribution is 7.89. The van der Waals surface area contributed by atoms with Gasteiger partial charge in [0.15, 0.2) is 0 Å². The molecule has 9 nitrogen and oxygen atoms in total. The van der Waals surface area contributed by atoms with Crippen LogP contribution < -0.4 is 9.46 Å². The Kier molecular flexibility index (Phi) is 6.93. The highest BCUT2D eigenvalue weighted by Crippen LogP contribution is 2.35. The predicted molar refractivity (Wildman–Crippen MR) is 85.9 cm³/mol. The number of methoxy groups -OCH3 is 1. The van der Waals surface area contributed by atoms with Crippen LogP contribution in [-0.2, 0) is 14.8 Å². The predicted octanol–water partition coefficient (Wildman–Crippen LogP) is 2.18. The van der Waals surface area contributed by atoms with Crippen molar-refractivity contribution in [2.75, 3.05) is 7.11 Å². The molecule has 0 aromatic heterocycles. The molecule has 11 heteroatoms. The van der Waals surface area contributed by atoms with Crippen LogP contribution in [0.15, 0.2) is 17.0 Å². The minimum Gasteiger partial charge on any atom is -0.495 e. The number of nitrogens with one attached hydrogen (secondary N) is 1. The average molecular weight is 381 g/mol. The summed E-state index contributed by atoms with van der Waals surface area (Å²) in [7, 11) is -2.93. The third-order valence-electron chi connectivity index (χ3n) is 3.24. The maximum absolute atomic E-state index is 12.5. The Morgan fingerprint density at radius 2 is 2.12 bits per heavy atom. The van der Waals surface area contributed by atoms with E-state index in [1.807, 2.05) is 0 Å². The van der Waals surface area contributed by atoms with Crippen LogP contribution in [0.2, 0.25) is 5.02 Å². The summed E-state index contributed by atoms with van der Waals surface area (Å²) >= 11 is 5.77. The van der Waals surface area contributed by atoms with Crippen LogP contribution in [0.4, 0.5) is 5.69 Å². The van der Waals surface area contributed by atoms with Crippen molar-refractivity contribution in [1.82, 2.24) is 4.72 Å². The number of ether oxygens (including phenoxy) is 1. The molecule has 0 saturated heterocycles. The summed E-state index contributed by atoms with van der Waals surface area (Å²) in [6.45, 7) is 1.70. The number of aliphatic carboxylic acids is 1. The second-order valence-electron chi connectivity index (χ2n) is 4.87. The molecular formula is C13H17ClN2O7S. The van der Waals surface area contributed by atoms with Crippen molar-refractivity contribution >= 4 is 33.3 Å². The van der Waals surface area contributed by atoms with Crippen molar-refractivity contribution in [3.05, 3.63) is 27.3 Å². The van der Waals surface area contributed by atoms with Gasteiger partial charge in [-0.25, -0.2) is 13.1 Å². The summed E-state index contributed by atoms with van der Waals surface area (Å²) in [4.78, 5) is 20.4. The smallest absolute Gasteiger partial charge is 0.303 e. The van der Waals surface area contributed by atoms with Crippen LogP contribution in [0.5, 0.6) is 5.75 Å². The monoisotopic (exact) mass is 380 g/mol. The lowest BCUT2D eigenvalue weighted by molar-refractivity contribution is -0.384. The van der Waals surface area contributed by atoms with E-state index in [9.17, 15) is 23.3 Å². The standard InChI is InChI=1S/C13H17ClN2O7S/c1-3-8(4-5-13(17)18)15-24(21,22)12-6-9(14)10(16(19)20)7-11(12)23-2/h6-8,15H,3-5H2,1-2H3,(H,17,18). The van der Waals surface area contributed by atoms with E-state index in [2.05, 4.69) is 4.72 Å². The molecule has 0 aliphatic carbocycles. The van der Waals surface area contributed by atoms with Crippen molar-refractivity contribution in [3.63, 3.8) is 0 Å². The Morgan fingerprint density at radius 1 is 1.50 bits per heavy atom. The Labute approximate surface area is 143 Å². The molecule has 0 saturated carbocycles. The van der Waals surface area contributed by atoms with E-state index < -0.39 is 32.6 Å². The molecule has 0 fully saturated rings. The van der Waals surface area contributed by atoms with Crippen LogP contribution in [0.1, 0.15) is 26.2 Å². The lowest BCUT2D eigenvalue weighted by Gasteiger charge is -2.17. The number of hydrogen-bond donors (Lipinski definition) is 2. The Bertz CT molecular complexity index is 736. The Hall–Kier alpha value is -1.91. The molecule has 2 N–H and O–H groups in total. The van der Waals surface area contributed by atoms with Crippen LogP contribution >= 0.6 is 11.6 Å². The van der Waals surface area contributed by atoms with Gasteiger partial charge in [-0.1, -0.05) is 18.5 Å². The van der Waals surface area contributed by atoms with Crippen molar-refractivity contribution in [1.29, 1.82) is 0 Å². The number of carbonyl (C=O) groups is 1. The van der Waals surface area contributed by atoms with Gasteiger partial charge in [0.05, 0.1) is 18.1 Å². The van der Waals surface area contributed by atoms with Crippen molar-refractivity contribution in [2.24, 2.45) is 0 Å². The second kappa shape index (κ2) is 8.27. The molecule has 0 spiro atoms. The minimum atomic E-state index is -4.10. The van der Waals surface area contributed by atoms with Gasteiger partial charge in [-0.05, 0) is 18.9 Å². The SMILES string of the molecule is CCC(CCC(=O)O)NS(=O)(=O)c1cc(Cl)c([N+](=O)[O-])cc1OC. The molecule has 0 heterocycles. The number of carboxylic acids is 1. The van der Waals surface area contributed by atoms with Crippen LogP contribution in [0.3, 0.4) is 0 Å². The molecule has 1 aromatic rings. The molecule has 24 heavy (non-hydrogen) atoms. The number of sulfonamides is 1. The van der Waals surface area contributed by atoms with Gasteiger partial charge in [-0.15, -0.1) is 0 Å². The first-order chi connectivity index (χ1) is 11.1. The molecular weight excluding hydrogens is 364 g/mol. The molecule has 1 unspecified atom stereocenters. The summed E-state index contributed by atoms with van der Waals surface area (Å²) in [6, 6.07) is 1.25. The van der Waals surface area contributed by atoms with Crippen LogP contribution in [0, 0.1) is 10.1 Å². The summed E-state index contributed by atoms with van der Waals surface area (Å²) < 4.78 is 32.3. The summed E-state index contributed by atoms with van der Waals surface area (Å²) in [5, 5.41) is 19.2. The van der Waals surface area contributed by atoms with Gasteiger partial charge in [-0.3, -0.25) is 14.9 Å². The number of nitro benzene ring substituents is 1. The van der Waals surface area contributed by atoms with Crippen LogP contribution in [0.25, 0.3) is 0 Å². The number of rotatable bonds is 9. The molecule has 134 valence electrons. The fraction of sp³-hybridized carbons (Fsp3) is 0.462.